The number of esters is 2. The van der Waals surface area contributed by atoms with Gasteiger partial charge in [-0.1, -0.05) is 6.58 Å². The lowest BCUT2D eigenvalue weighted by atomic mass is 9.82. The van der Waals surface area contributed by atoms with Gasteiger partial charge in [0.25, 0.3) is 0 Å². The van der Waals surface area contributed by atoms with E-state index in [0.717, 1.165) is 95.4 Å². The number of unbranched alkanes of at least 4 members (excludes halogenated alkanes) is 3. The van der Waals surface area contributed by atoms with E-state index in [-0.39, 0.29) is 23.8 Å². The lowest BCUT2D eigenvalue weighted by molar-refractivity contribution is -0.140. The number of hydrogen-bond donors (Lipinski definition) is 0. The highest BCUT2D eigenvalue weighted by Gasteiger charge is 2.28. The molecule has 4 rings (SSSR count). The van der Waals surface area contributed by atoms with Gasteiger partial charge < -0.3 is 28.5 Å². The molecule has 0 bridgehead atoms. The second-order valence-electron chi connectivity index (χ2n) is 12.6. The number of benzene rings is 2. The van der Waals surface area contributed by atoms with Gasteiger partial charge in [-0.25, -0.2) is 4.79 Å². The quantitative estimate of drug-likeness (QED) is 0.0507. The van der Waals surface area contributed by atoms with Crippen LogP contribution in [0.2, 0.25) is 0 Å². The Labute approximate surface area is 277 Å². The Balaban J connectivity index is 1.09. The summed E-state index contributed by atoms with van der Waals surface area (Å²) in [6, 6.07) is 12.5. The average molecular weight is 649 g/mol. The van der Waals surface area contributed by atoms with E-state index < -0.39 is 0 Å². The van der Waals surface area contributed by atoms with Crippen molar-refractivity contribution >= 4 is 24.5 Å². The van der Waals surface area contributed by atoms with Gasteiger partial charge in [0.2, 0.25) is 0 Å². The van der Waals surface area contributed by atoms with Crippen molar-refractivity contribution in [3.05, 3.63) is 60.7 Å². The van der Waals surface area contributed by atoms with Crippen LogP contribution in [0.1, 0.15) is 87.4 Å². The summed E-state index contributed by atoms with van der Waals surface area (Å²) < 4.78 is 28.4. The third kappa shape index (κ3) is 12.2. The van der Waals surface area contributed by atoms with Crippen LogP contribution in [-0.2, 0) is 19.1 Å². The number of hydrogen-bond acceptors (Lipinski definition) is 9. The van der Waals surface area contributed by atoms with Crippen LogP contribution in [0.25, 0.3) is 0 Å². The zero-order valence-electron chi connectivity index (χ0n) is 27.3. The molecule has 47 heavy (non-hydrogen) atoms. The van der Waals surface area contributed by atoms with Crippen molar-refractivity contribution in [2.75, 3.05) is 26.4 Å². The van der Waals surface area contributed by atoms with Crippen molar-refractivity contribution in [3.8, 4) is 23.0 Å². The Kier molecular flexibility index (Phi) is 14.8. The number of carbonyl (C=O) groups is 4. The lowest BCUT2D eigenvalue weighted by Crippen LogP contribution is -2.27. The molecule has 0 unspecified atom stereocenters. The van der Waals surface area contributed by atoms with E-state index >= 15 is 0 Å². The summed E-state index contributed by atoms with van der Waals surface area (Å²) >= 11 is 0. The van der Waals surface area contributed by atoms with Crippen molar-refractivity contribution < 1.29 is 42.9 Å². The first-order valence-corrected chi connectivity index (χ1v) is 17.0. The Morgan fingerprint density at radius 2 is 1.32 bits per heavy atom. The molecule has 2 aromatic carbocycles. The van der Waals surface area contributed by atoms with E-state index in [4.69, 9.17) is 23.7 Å². The first kappa shape index (κ1) is 35.7. The smallest absolute Gasteiger partial charge is 0.330 e. The molecule has 2 aliphatic rings. The SMILES string of the molecule is C=CC(=O)OCCCCCCOc1ccc(OC(=O)C2CCC(COc3ccc(OCC4CCC(C=O)CC4)c(C=O)c3)CC2)cc1. The molecule has 0 spiro atoms. The molecule has 0 atom stereocenters. The summed E-state index contributed by atoms with van der Waals surface area (Å²) in [4.78, 5) is 46.6. The minimum absolute atomic E-state index is 0.144. The molecular formula is C38H48O9. The maximum Gasteiger partial charge on any atom is 0.330 e. The number of carbonyl (C=O) groups excluding carboxylic acids is 4. The third-order valence-electron chi connectivity index (χ3n) is 9.09. The summed E-state index contributed by atoms with van der Waals surface area (Å²) in [7, 11) is 0. The second-order valence-corrected chi connectivity index (χ2v) is 12.6. The minimum Gasteiger partial charge on any atom is -0.494 e. The summed E-state index contributed by atoms with van der Waals surface area (Å²) in [5.41, 5.74) is 0.465. The molecule has 2 aromatic rings. The molecule has 2 aliphatic carbocycles. The number of aldehydes is 2. The van der Waals surface area contributed by atoms with Gasteiger partial charge in [-0.05, 0) is 131 Å². The van der Waals surface area contributed by atoms with Crippen molar-refractivity contribution in [2.24, 2.45) is 23.7 Å². The number of ether oxygens (including phenoxy) is 5. The predicted molar refractivity (Wildman–Crippen MR) is 177 cm³/mol. The van der Waals surface area contributed by atoms with Crippen LogP contribution in [0.3, 0.4) is 0 Å². The summed E-state index contributed by atoms with van der Waals surface area (Å²) in [6.45, 7) is 5.43. The molecule has 0 aliphatic heterocycles. The molecular weight excluding hydrogens is 600 g/mol. The van der Waals surface area contributed by atoms with E-state index in [9.17, 15) is 19.2 Å². The van der Waals surface area contributed by atoms with Crippen LogP contribution in [0.5, 0.6) is 23.0 Å². The standard InChI is InChI=1S/C38H48O9/c1-2-37(41)44-22-6-4-3-5-21-43-33-15-17-34(18-16-33)47-38(42)31-13-11-30(12-14-31)26-45-35-19-20-36(32(23-35)25-40)46-27-29-9-7-28(24-39)8-10-29/h2,15-20,23-25,28-31H,1,3-14,21-22,26-27H2. The van der Waals surface area contributed by atoms with Crippen LogP contribution in [0.15, 0.2) is 55.1 Å². The molecule has 2 fully saturated rings. The van der Waals surface area contributed by atoms with Gasteiger partial charge in [-0.3, -0.25) is 9.59 Å². The van der Waals surface area contributed by atoms with Crippen LogP contribution in [-0.4, -0.2) is 50.9 Å². The van der Waals surface area contributed by atoms with E-state index in [1.165, 1.54) is 6.08 Å². The highest BCUT2D eigenvalue weighted by atomic mass is 16.5. The Hall–Kier alpha value is -4.14. The van der Waals surface area contributed by atoms with E-state index in [1.807, 2.05) is 18.2 Å². The first-order chi connectivity index (χ1) is 23.0. The highest BCUT2D eigenvalue weighted by Crippen LogP contribution is 2.33. The van der Waals surface area contributed by atoms with Gasteiger partial charge in [0.05, 0.1) is 37.9 Å². The van der Waals surface area contributed by atoms with Gasteiger partial charge in [0, 0.05) is 12.0 Å². The Bertz CT molecular complexity index is 1290. The zero-order chi connectivity index (χ0) is 33.3. The van der Waals surface area contributed by atoms with Crippen LogP contribution in [0, 0.1) is 23.7 Å². The van der Waals surface area contributed by atoms with Gasteiger partial charge in [0.15, 0.2) is 6.29 Å². The normalized spacial score (nSPS) is 20.8. The fraction of sp³-hybridized carbons (Fsp3) is 0.526. The van der Waals surface area contributed by atoms with Crippen LogP contribution >= 0.6 is 0 Å². The molecule has 0 amide bonds. The Morgan fingerprint density at radius 3 is 1.98 bits per heavy atom. The molecule has 0 heterocycles. The first-order valence-electron chi connectivity index (χ1n) is 17.0. The zero-order valence-corrected chi connectivity index (χ0v) is 27.3. The van der Waals surface area contributed by atoms with Crippen molar-refractivity contribution in [3.63, 3.8) is 0 Å². The van der Waals surface area contributed by atoms with Crippen LogP contribution < -0.4 is 18.9 Å². The minimum atomic E-state index is -0.389. The molecule has 254 valence electrons. The van der Waals surface area contributed by atoms with E-state index in [0.29, 0.717) is 61.1 Å². The van der Waals surface area contributed by atoms with Crippen molar-refractivity contribution in [1.82, 2.24) is 0 Å². The third-order valence-corrected chi connectivity index (χ3v) is 9.09. The highest BCUT2D eigenvalue weighted by molar-refractivity contribution is 5.81. The van der Waals surface area contributed by atoms with Gasteiger partial charge in [0.1, 0.15) is 29.3 Å². The van der Waals surface area contributed by atoms with Gasteiger partial charge in [-0.15, -0.1) is 0 Å². The molecule has 0 radical (unpaired) electrons. The lowest BCUT2D eigenvalue weighted by Gasteiger charge is -2.27. The Morgan fingerprint density at radius 1 is 0.702 bits per heavy atom. The number of rotatable bonds is 19. The monoisotopic (exact) mass is 648 g/mol. The van der Waals surface area contributed by atoms with E-state index in [2.05, 4.69) is 6.58 Å². The fourth-order valence-electron chi connectivity index (χ4n) is 6.10. The summed E-state index contributed by atoms with van der Waals surface area (Å²) in [6.07, 6.45) is 13.6. The molecule has 2 saturated carbocycles. The topological polar surface area (TPSA) is 114 Å². The summed E-state index contributed by atoms with van der Waals surface area (Å²) in [5, 5.41) is 0. The molecule has 9 nitrogen and oxygen atoms in total. The van der Waals surface area contributed by atoms with E-state index in [1.54, 1.807) is 24.3 Å². The second kappa shape index (κ2) is 19.5. The van der Waals surface area contributed by atoms with Gasteiger partial charge >= 0.3 is 11.9 Å². The fourth-order valence-corrected chi connectivity index (χ4v) is 6.10. The molecule has 0 N–H and O–H groups in total. The molecule has 0 saturated heterocycles. The average Bonchev–Trinajstić information content (AvgIpc) is 3.12. The van der Waals surface area contributed by atoms with Crippen molar-refractivity contribution in [1.29, 1.82) is 0 Å². The van der Waals surface area contributed by atoms with Gasteiger partial charge in [-0.2, -0.15) is 0 Å². The molecule has 0 aromatic heterocycles. The maximum atomic E-state index is 12.8. The predicted octanol–water partition coefficient (Wildman–Crippen LogP) is 7.34. The molecule has 9 heteroatoms. The maximum absolute atomic E-state index is 12.8. The van der Waals surface area contributed by atoms with Crippen molar-refractivity contribution in [2.45, 2.75) is 77.0 Å². The largest absolute Gasteiger partial charge is 0.494 e. The van der Waals surface area contributed by atoms with Crippen LogP contribution in [0.4, 0.5) is 0 Å². The summed E-state index contributed by atoms with van der Waals surface area (Å²) in [5.74, 6) is 2.56.